The van der Waals surface area contributed by atoms with Crippen LogP contribution < -0.4 is 23.7 Å². The van der Waals surface area contributed by atoms with Gasteiger partial charge in [-0.1, -0.05) is 24.3 Å². The van der Waals surface area contributed by atoms with Crippen molar-refractivity contribution >= 4 is 17.8 Å². The number of hydrogen-bond acceptors (Lipinski definition) is 7. The molecule has 2 aliphatic heterocycles. The van der Waals surface area contributed by atoms with E-state index in [1.807, 2.05) is 37.3 Å². The molecular formula is C28H22O7. The number of para-hydroxylation sites is 1. The van der Waals surface area contributed by atoms with Crippen LogP contribution in [0.2, 0.25) is 0 Å². The maximum atomic E-state index is 12.9. The Labute approximate surface area is 202 Å². The van der Waals surface area contributed by atoms with Gasteiger partial charge < -0.3 is 23.7 Å². The molecule has 176 valence electrons. The number of fused-ring (bicyclic) bond motifs is 2. The van der Waals surface area contributed by atoms with E-state index in [9.17, 15) is 9.59 Å². The van der Waals surface area contributed by atoms with E-state index in [2.05, 4.69) is 0 Å². The summed E-state index contributed by atoms with van der Waals surface area (Å²) in [4.78, 5) is 25.8. The van der Waals surface area contributed by atoms with Crippen LogP contribution in [0.3, 0.4) is 0 Å². The fourth-order valence-corrected chi connectivity index (χ4v) is 4.01. The highest BCUT2D eigenvalue weighted by Crippen LogP contribution is 2.37. The number of esters is 1. The van der Waals surface area contributed by atoms with Gasteiger partial charge in [0.25, 0.3) is 0 Å². The van der Waals surface area contributed by atoms with Crippen LogP contribution in [0.1, 0.15) is 33.2 Å². The number of ether oxygens (including phenoxy) is 5. The SMILES string of the molecule is COc1cccc(OC)c1C(=O)Oc1ccc2c(c1)OC(=CC1=Cc3ccccc3O[C@@H]1C)C2=O. The highest BCUT2D eigenvalue weighted by Gasteiger charge is 2.30. The van der Waals surface area contributed by atoms with Crippen molar-refractivity contribution in [2.75, 3.05) is 14.2 Å². The van der Waals surface area contributed by atoms with Crippen molar-refractivity contribution in [3.63, 3.8) is 0 Å². The maximum absolute atomic E-state index is 12.9. The number of ketones is 1. The Morgan fingerprint density at radius 1 is 0.943 bits per heavy atom. The van der Waals surface area contributed by atoms with E-state index in [1.54, 1.807) is 36.4 Å². The summed E-state index contributed by atoms with van der Waals surface area (Å²) in [6.07, 6.45) is 3.42. The molecule has 5 rings (SSSR count). The molecule has 0 radical (unpaired) electrons. The molecule has 0 fully saturated rings. The molecule has 0 aliphatic carbocycles. The minimum absolute atomic E-state index is 0.161. The normalized spacial score (nSPS) is 17.0. The molecule has 1 atom stereocenters. The van der Waals surface area contributed by atoms with Crippen molar-refractivity contribution in [3.05, 3.63) is 94.8 Å². The van der Waals surface area contributed by atoms with E-state index in [0.29, 0.717) is 22.8 Å². The molecule has 0 amide bonds. The number of Topliss-reactive ketones (excluding diaryl/α,β-unsaturated/α-hetero) is 1. The van der Waals surface area contributed by atoms with E-state index in [-0.39, 0.29) is 29.0 Å². The molecular weight excluding hydrogens is 448 g/mol. The lowest BCUT2D eigenvalue weighted by atomic mass is 10.0. The topological polar surface area (TPSA) is 80.3 Å². The van der Waals surface area contributed by atoms with Gasteiger partial charge in [0.2, 0.25) is 5.78 Å². The largest absolute Gasteiger partial charge is 0.496 e. The number of rotatable bonds is 5. The molecule has 0 saturated heterocycles. The van der Waals surface area contributed by atoms with Gasteiger partial charge in [0.15, 0.2) is 5.76 Å². The van der Waals surface area contributed by atoms with E-state index in [1.165, 1.54) is 20.3 Å². The minimum atomic E-state index is -0.656. The lowest BCUT2D eigenvalue weighted by Gasteiger charge is -2.22. The Balaban J connectivity index is 1.40. The molecule has 0 N–H and O–H groups in total. The molecule has 7 nitrogen and oxygen atoms in total. The number of allylic oxidation sites excluding steroid dienone is 1. The van der Waals surface area contributed by atoms with Crippen molar-refractivity contribution in [2.45, 2.75) is 13.0 Å². The van der Waals surface area contributed by atoms with Gasteiger partial charge in [0.1, 0.15) is 40.4 Å². The number of methoxy groups -OCH3 is 2. The van der Waals surface area contributed by atoms with E-state index < -0.39 is 5.97 Å². The van der Waals surface area contributed by atoms with Crippen LogP contribution >= 0.6 is 0 Å². The molecule has 0 aromatic heterocycles. The summed E-state index contributed by atoms with van der Waals surface area (Å²) in [5, 5.41) is 0. The van der Waals surface area contributed by atoms with Gasteiger partial charge in [-0.3, -0.25) is 4.79 Å². The zero-order valence-corrected chi connectivity index (χ0v) is 19.4. The summed E-state index contributed by atoms with van der Waals surface area (Å²) in [6.45, 7) is 1.91. The summed E-state index contributed by atoms with van der Waals surface area (Å²) in [5.74, 6) is 1.24. The van der Waals surface area contributed by atoms with Crippen molar-refractivity contribution in [3.8, 4) is 28.7 Å². The van der Waals surface area contributed by atoms with E-state index in [4.69, 9.17) is 23.7 Å². The summed E-state index contributed by atoms with van der Waals surface area (Å²) >= 11 is 0. The number of carbonyl (C=O) groups is 2. The summed E-state index contributed by atoms with van der Waals surface area (Å²) in [7, 11) is 2.92. The summed E-state index contributed by atoms with van der Waals surface area (Å²) in [5.41, 5.74) is 2.29. The standard InChI is InChI=1S/C28H22O7/c1-16-18(13-17-7-4-5-8-21(17)33-16)14-25-27(29)20-12-11-19(15-24(20)35-25)34-28(30)26-22(31-2)9-6-10-23(26)32-3/h4-16H,1-3H3/t16-/m1/s1. The lowest BCUT2D eigenvalue weighted by molar-refractivity contribution is 0.0727. The van der Waals surface area contributed by atoms with Gasteiger partial charge in [-0.05, 0) is 55.0 Å². The van der Waals surface area contributed by atoms with Crippen LogP contribution in [-0.2, 0) is 0 Å². The number of carbonyl (C=O) groups excluding carboxylic acids is 2. The highest BCUT2D eigenvalue weighted by atomic mass is 16.5. The monoisotopic (exact) mass is 470 g/mol. The first-order valence-corrected chi connectivity index (χ1v) is 11.0. The Bertz CT molecular complexity index is 1380. The molecule has 3 aromatic rings. The van der Waals surface area contributed by atoms with Gasteiger partial charge >= 0.3 is 5.97 Å². The van der Waals surface area contributed by atoms with Crippen LogP contribution in [0.4, 0.5) is 0 Å². The quantitative estimate of drug-likeness (QED) is 0.286. The predicted octanol–water partition coefficient (Wildman–Crippen LogP) is 5.25. The summed E-state index contributed by atoms with van der Waals surface area (Å²) in [6, 6.07) is 17.3. The summed E-state index contributed by atoms with van der Waals surface area (Å²) < 4.78 is 27.9. The van der Waals surface area contributed by atoms with E-state index in [0.717, 1.165) is 16.9 Å². The van der Waals surface area contributed by atoms with Gasteiger partial charge in [-0.2, -0.15) is 0 Å². The molecule has 0 unspecified atom stereocenters. The fourth-order valence-electron chi connectivity index (χ4n) is 4.01. The van der Waals surface area contributed by atoms with Crippen LogP contribution in [0.15, 0.2) is 78.1 Å². The predicted molar refractivity (Wildman–Crippen MR) is 128 cm³/mol. The van der Waals surface area contributed by atoms with Crippen LogP contribution in [0.25, 0.3) is 6.08 Å². The second kappa shape index (κ2) is 9.02. The number of benzene rings is 3. The second-order valence-corrected chi connectivity index (χ2v) is 7.97. The first-order valence-electron chi connectivity index (χ1n) is 11.0. The molecule has 0 bridgehead atoms. The smallest absolute Gasteiger partial charge is 0.351 e. The Morgan fingerprint density at radius 3 is 2.43 bits per heavy atom. The van der Waals surface area contributed by atoms with Gasteiger partial charge in [-0.25, -0.2) is 4.79 Å². The Morgan fingerprint density at radius 2 is 1.69 bits per heavy atom. The van der Waals surface area contributed by atoms with Crippen molar-refractivity contribution in [1.29, 1.82) is 0 Å². The Hall–Kier alpha value is -4.52. The van der Waals surface area contributed by atoms with E-state index >= 15 is 0 Å². The molecule has 3 aromatic carbocycles. The van der Waals surface area contributed by atoms with Crippen LogP contribution in [0, 0.1) is 0 Å². The highest BCUT2D eigenvalue weighted by molar-refractivity contribution is 6.12. The van der Waals surface area contributed by atoms with Crippen molar-refractivity contribution < 1.29 is 33.3 Å². The molecule has 0 saturated carbocycles. The maximum Gasteiger partial charge on any atom is 0.351 e. The van der Waals surface area contributed by atoms with Gasteiger partial charge in [0.05, 0.1) is 19.8 Å². The van der Waals surface area contributed by atoms with Crippen molar-refractivity contribution in [1.82, 2.24) is 0 Å². The zero-order valence-electron chi connectivity index (χ0n) is 19.4. The third-order valence-electron chi connectivity index (χ3n) is 5.80. The van der Waals surface area contributed by atoms with Gasteiger partial charge in [0, 0.05) is 11.6 Å². The fraction of sp³-hybridized carbons (Fsp3) is 0.143. The molecule has 7 heteroatoms. The molecule has 2 aliphatic rings. The first kappa shape index (κ1) is 22.3. The second-order valence-electron chi connectivity index (χ2n) is 7.97. The molecule has 0 spiro atoms. The molecule has 2 heterocycles. The number of hydrogen-bond donors (Lipinski definition) is 0. The van der Waals surface area contributed by atoms with Crippen molar-refractivity contribution in [2.24, 2.45) is 0 Å². The van der Waals surface area contributed by atoms with Crippen LogP contribution in [0.5, 0.6) is 28.7 Å². The Kier molecular flexibility index (Phi) is 5.74. The molecule has 35 heavy (non-hydrogen) atoms. The zero-order chi connectivity index (χ0) is 24.5. The van der Waals surface area contributed by atoms with Crippen LogP contribution in [-0.4, -0.2) is 32.1 Å². The lowest BCUT2D eigenvalue weighted by Crippen LogP contribution is -2.18. The van der Waals surface area contributed by atoms with Gasteiger partial charge in [-0.15, -0.1) is 0 Å². The first-order chi connectivity index (χ1) is 17.0. The average Bonchev–Trinajstić information content (AvgIpc) is 3.18. The average molecular weight is 470 g/mol. The third-order valence-corrected chi connectivity index (χ3v) is 5.80. The third kappa shape index (κ3) is 4.12. The minimum Gasteiger partial charge on any atom is -0.496 e.